The zero-order valence-electron chi connectivity index (χ0n) is 13.6. The summed E-state index contributed by atoms with van der Waals surface area (Å²) in [7, 11) is -0.910. The van der Waals surface area contributed by atoms with Crippen molar-refractivity contribution in [2.75, 3.05) is 27.3 Å². The van der Waals surface area contributed by atoms with E-state index in [9.17, 15) is 18.3 Å². The molecule has 1 aromatic carbocycles. The smallest absolute Gasteiger partial charge is 0.339 e. The van der Waals surface area contributed by atoms with Crippen molar-refractivity contribution < 1.29 is 27.8 Å². The van der Waals surface area contributed by atoms with Crippen molar-refractivity contribution in [1.29, 1.82) is 0 Å². The molecule has 1 aliphatic rings. The highest BCUT2D eigenvalue weighted by molar-refractivity contribution is 7.89. The molecule has 2 rings (SSSR count). The van der Waals surface area contributed by atoms with E-state index in [2.05, 4.69) is 0 Å². The molecule has 0 bridgehead atoms. The van der Waals surface area contributed by atoms with E-state index in [1.165, 1.54) is 23.5 Å². The number of benzene rings is 1. The summed E-state index contributed by atoms with van der Waals surface area (Å²) in [5.41, 5.74) is -0.500. The fourth-order valence-corrected chi connectivity index (χ4v) is 4.43. The number of carboxylic acids is 1. The maximum absolute atomic E-state index is 12.8. The Bertz CT molecular complexity index is 713. The standard InChI is InChI=1S/C15H21NO6S/c1-15(2)9-16(8-13(15)22-4)23(19,20)10-5-6-12(21-3)11(7-10)14(17)18/h5-7,13H,8-9H2,1-4H3,(H,17,18). The van der Waals surface area contributed by atoms with Crippen molar-refractivity contribution in [3.05, 3.63) is 23.8 Å². The van der Waals surface area contributed by atoms with Crippen LogP contribution in [0.3, 0.4) is 0 Å². The Hall–Kier alpha value is -1.64. The summed E-state index contributed by atoms with van der Waals surface area (Å²) in [5, 5.41) is 9.21. The van der Waals surface area contributed by atoms with Crippen molar-refractivity contribution in [1.82, 2.24) is 4.31 Å². The number of hydrogen-bond acceptors (Lipinski definition) is 5. The van der Waals surface area contributed by atoms with E-state index in [4.69, 9.17) is 9.47 Å². The van der Waals surface area contributed by atoms with Gasteiger partial charge in [0.25, 0.3) is 0 Å². The number of aromatic carboxylic acids is 1. The van der Waals surface area contributed by atoms with Crippen LogP contribution in [0.4, 0.5) is 0 Å². The topological polar surface area (TPSA) is 93.1 Å². The van der Waals surface area contributed by atoms with Crippen LogP contribution in [-0.2, 0) is 14.8 Å². The molecule has 1 N–H and O–H groups in total. The van der Waals surface area contributed by atoms with Gasteiger partial charge in [-0.3, -0.25) is 0 Å². The first kappa shape index (κ1) is 17.7. The fraction of sp³-hybridized carbons (Fsp3) is 0.533. The van der Waals surface area contributed by atoms with E-state index in [1.54, 1.807) is 7.11 Å². The summed E-state index contributed by atoms with van der Waals surface area (Å²) in [5.74, 6) is -1.12. The largest absolute Gasteiger partial charge is 0.496 e. The van der Waals surface area contributed by atoms with Gasteiger partial charge in [0, 0.05) is 25.6 Å². The highest BCUT2D eigenvalue weighted by Gasteiger charge is 2.44. The maximum atomic E-state index is 12.8. The molecule has 0 aliphatic carbocycles. The van der Waals surface area contributed by atoms with Crippen LogP contribution in [0, 0.1) is 5.41 Å². The lowest BCUT2D eigenvalue weighted by Gasteiger charge is -2.23. The molecule has 0 radical (unpaired) electrons. The van der Waals surface area contributed by atoms with Gasteiger partial charge in [-0.05, 0) is 18.2 Å². The van der Waals surface area contributed by atoms with Gasteiger partial charge in [-0.2, -0.15) is 4.31 Å². The van der Waals surface area contributed by atoms with Gasteiger partial charge in [0.05, 0.1) is 18.1 Å². The van der Waals surface area contributed by atoms with Crippen LogP contribution < -0.4 is 4.74 Å². The zero-order chi connectivity index (χ0) is 17.4. The molecule has 1 heterocycles. The molecule has 0 amide bonds. The predicted molar refractivity (Wildman–Crippen MR) is 83.3 cm³/mol. The molecule has 1 unspecified atom stereocenters. The second kappa shape index (κ2) is 6.10. The van der Waals surface area contributed by atoms with E-state index in [1.807, 2.05) is 13.8 Å². The molecule has 0 saturated carbocycles. The predicted octanol–water partition coefficient (Wildman–Crippen LogP) is 1.44. The summed E-state index contributed by atoms with van der Waals surface area (Å²) in [6.07, 6.45) is -0.213. The molecule has 1 fully saturated rings. The van der Waals surface area contributed by atoms with E-state index >= 15 is 0 Å². The number of carboxylic acid groups (broad SMARTS) is 1. The highest BCUT2D eigenvalue weighted by Crippen LogP contribution is 2.35. The first-order chi connectivity index (χ1) is 10.6. The molecule has 1 saturated heterocycles. The number of hydrogen-bond donors (Lipinski definition) is 1. The monoisotopic (exact) mass is 343 g/mol. The Balaban J connectivity index is 2.41. The van der Waals surface area contributed by atoms with Gasteiger partial charge >= 0.3 is 5.97 Å². The van der Waals surface area contributed by atoms with Crippen molar-refractivity contribution in [3.63, 3.8) is 0 Å². The lowest BCUT2D eigenvalue weighted by Crippen LogP contribution is -2.30. The van der Waals surface area contributed by atoms with Gasteiger partial charge < -0.3 is 14.6 Å². The van der Waals surface area contributed by atoms with Crippen molar-refractivity contribution in [3.8, 4) is 5.75 Å². The molecule has 128 valence electrons. The van der Waals surface area contributed by atoms with E-state index < -0.39 is 16.0 Å². The molecule has 23 heavy (non-hydrogen) atoms. The van der Waals surface area contributed by atoms with Crippen molar-refractivity contribution >= 4 is 16.0 Å². The van der Waals surface area contributed by atoms with Gasteiger partial charge in [-0.1, -0.05) is 13.8 Å². The minimum Gasteiger partial charge on any atom is -0.496 e. The van der Waals surface area contributed by atoms with Gasteiger partial charge in [0.1, 0.15) is 11.3 Å². The third-order valence-electron chi connectivity index (χ3n) is 4.15. The van der Waals surface area contributed by atoms with Crippen LogP contribution in [0.2, 0.25) is 0 Å². The molecule has 0 spiro atoms. The Labute approximate surface area is 135 Å². The molecule has 1 aliphatic heterocycles. The molecule has 1 atom stereocenters. The molecule has 1 aromatic rings. The van der Waals surface area contributed by atoms with Crippen LogP contribution in [0.1, 0.15) is 24.2 Å². The minimum absolute atomic E-state index is 0.0664. The Kier molecular flexibility index (Phi) is 4.70. The minimum atomic E-state index is -3.80. The van der Waals surface area contributed by atoms with Crippen LogP contribution in [-0.4, -0.2) is 57.2 Å². The van der Waals surface area contributed by atoms with E-state index in [-0.39, 0.29) is 34.3 Å². The number of methoxy groups -OCH3 is 2. The Morgan fingerprint density at radius 2 is 2.00 bits per heavy atom. The van der Waals surface area contributed by atoms with E-state index in [0.717, 1.165) is 6.07 Å². The highest BCUT2D eigenvalue weighted by atomic mass is 32.2. The molecule has 7 nitrogen and oxygen atoms in total. The SMILES string of the molecule is COc1ccc(S(=O)(=O)N2CC(OC)C(C)(C)C2)cc1C(=O)O. The number of ether oxygens (including phenoxy) is 2. The normalized spacial score (nSPS) is 21.3. The average Bonchev–Trinajstić information content (AvgIpc) is 2.81. The van der Waals surface area contributed by atoms with Crippen LogP contribution in [0.25, 0.3) is 0 Å². The lowest BCUT2D eigenvalue weighted by molar-refractivity contribution is 0.0438. The summed E-state index contributed by atoms with van der Waals surface area (Å²) >= 11 is 0. The zero-order valence-corrected chi connectivity index (χ0v) is 14.4. The summed E-state index contributed by atoms with van der Waals surface area (Å²) in [6, 6.07) is 3.84. The number of sulfonamides is 1. The first-order valence-electron chi connectivity index (χ1n) is 7.08. The van der Waals surface area contributed by atoms with Gasteiger partial charge in [-0.15, -0.1) is 0 Å². The number of nitrogens with zero attached hydrogens (tertiary/aromatic N) is 1. The van der Waals surface area contributed by atoms with Crippen LogP contribution in [0.5, 0.6) is 5.75 Å². The van der Waals surface area contributed by atoms with Gasteiger partial charge in [0.15, 0.2) is 0 Å². The quantitative estimate of drug-likeness (QED) is 0.869. The Morgan fingerprint density at radius 1 is 1.35 bits per heavy atom. The van der Waals surface area contributed by atoms with E-state index in [0.29, 0.717) is 6.54 Å². The molecular formula is C15H21NO6S. The number of carbonyl (C=O) groups is 1. The number of rotatable bonds is 5. The van der Waals surface area contributed by atoms with Gasteiger partial charge in [-0.25, -0.2) is 13.2 Å². The third-order valence-corrected chi connectivity index (χ3v) is 5.96. The summed E-state index contributed by atoms with van der Waals surface area (Å²) in [4.78, 5) is 11.2. The summed E-state index contributed by atoms with van der Waals surface area (Å²) in [6.45, 7) is 4.42. The van der Waals surface area contributed by atoms with Crippen molar-refractivity contribution in [2.24, 2.45) is 5.41 Å². The molecule has 8 heteroatoms. The second-order valence-electron chi connectivity index (χ2n) is 6.18. The Morgan fingerprint density at radius 3 is 2.48 bits per heavy atom. The third kappa shape index (κ3) is 3.19. The van der Waals surface area contributed by atoms with Gasteiger partial charge in [0.2, 0.25) is 10.0 Å². The molecular weight excluding hydrogens is 322 g/mol. The average molecular weight is 343 g/mol. The van der Waals surface area contributed by atoms with Crippen LogP contribution >= 0.6 is 0 Å². The molecule has 0 aromatic heterocycles. The first-order valence-corrected chi connectivity index (χ1v) is 8.52. The second-order valence-corrected chi connectivity index (χ2v) is 8.12. The summed E-state index contributed by atoms with van der Waals surface area (Å²) < 4.78 is 37.2. The maximum Gasteiger partial charge on any atom is 0.339 e. The lowest BCUT2D eigenvalue weighted by atomic mass is 9.90. The fourth-order valence-electron chi connectivity index (χ4n) is 2.79. The van der Waals surface area contributed by atoms with Crippen LogP contribution in [0.15, 0.2) is 23.1 Å². The van der Waals surface area contributed by atoms with Crippen molar-refractivity contribution in [2.45, 2.75) is 24.8 Å².